The van der Waals surface area contributed by atoms with Gasteiger partial charge in [-0.3, -0.25) is 9.69 Å². The summed E-state index contributed by atoms with van der Waals surface area (Å²) in [6.07, 6.45) is 1.49. The fourth-order valence-electron chi connectivity index (χ4n) is 3.20. The molecule has 24 heavy (non-hydrogen) atoms. The van der Waals surface area contributed by atoms with E-state index in [-0.39, 0.29) is 23.9 Å². The highest BCUT2D eigenvalue weighted by molar-refractivity contribution is 5.94. The van der Waals surface area contributed by atoms with Gasteiger partial charge in [-0.2, -0.15) is 0 Å². The fraction of sp³-hybridized carbons (Fsp3) is 0.529. The summed E-state index contributed by atoms with van der Waals surface area (Å²) >= 11 is 0. The van der Waals surface area contributed by atoms with Gasteiger partial charge in [0.05, 0.1) is 6.10 Å². The van der Waals surface area contributed by atoms with E-state index in [9.17, 15) is 14.0 Å². The van der Waals surface area contributed by atoms with Crippen molar-refractivity contribution in [3.63, 3.8) is 0 Å². The zero-order chi connectivity index (χ0) is 17.3. The van der Waals surface area contributed by atoms with Gasteiger partial charge in [-0.1, -0.05) is 0 Å². The molecule has 2 aliphatic heterocycles. The van der Waals surface area contributed by atoms with Crippen molar-refractivity contribution >= 4 is 17.6 Å². The van der Waals surface area contributed by atoms with Crippen molar-refractivity contribution in [1.29, 1.82) is 0 Å². The zero-order valence-electron chi connectivity index (χ0n) is 13.9. The van der Waals surface area contributed by atoms with Crippen molar-refractivity contribution < 1.29 is 18.7 Å². The Morgan fingerprint density at radius 3 is 2.92 bits per heavy atom. The Kier molecular flexibility index (Phi) is 4.71. The third-order valence-corrected chi connectivity index (χ3v) is 4.49. The Hall–Kier alpha value is -2.15. The van der Waals surface area contributed by atoms with Gasteiger partial charge in [-0.15, -0.1) is 0 Å². The van der Waals surface area contributed by atoms with Crippen LogP contribution < -0.4 is 10.2 Å². The number of rotatable bonds is 3. The van der Waals surface area contributed by atoms with Crippen LogP contribution in [0.2, 0.25) is 0 Å². The van der Waals surface area contributed by atoms with Crippen molar-refractivity contribution in [3.8, 4) is 0 Å². The van der Waals surface area contributed by atoms with Gasteiger partial charge in [0.1, 0.15) is 11.9 Å². The van der Waals surface area contributed by atoms with E-state index in [1.165, 1.54) is 17.0 Å². The molecule has 0 aromatic heterocycles. The van der Waals surface area contributed by atoms with Crippen LogP contribution in [0.15, 0.2) is 18.2 Å². The Balaban J connectivity index is 1.52. The first kappa shape index (κ1) is 16.7. The Morgan fingerprint density at radius 1 is 1.38 bits per heavy atom. The standard InChI is InChI=1S/C17H22FN3O3/c1-20(2)16(22)15-6-4-13(24-15)10-19-17(23)21-8-7-11-9-12(18)3-5-14(11)21/h3,5,9,13,15H,4,6-8,10H2,1-2H3,(H,19,23)/t13-,15+/m0/s1. The molecule has 2 atom stereocenters. The lowest BCUT2D eigenvalue weighted by molar-refractivity contribution is -0.140. The van der Waals surface area contributed by atoms with Crippen LogP contribution in [0, 0.1) is 5.82 Å². The van der Waals surface area contributed by atoms with Gasteiger partial charge in [-0.25, -0.2) is 9.18 Å². The number of nitrogens with zero attached hydrogens (tertiary/aromatic N) is 2. The second kappa shape index (κ2) is 6.76. The number of carbonyl (C=O) groups excluding carboxylic acids is 2. The molecule has 0 unspecified atom stereocenters. The number of likely N-dealkylation sites (N-methyl/N-ethyl adjacent to an activating group) is 1. The molecule has 3 rings (SSSR count). The van der Waals surface area contributed by atoms with E-state index in [4.69, 9.17) is 4.74 Å². The SMILES string of the molecule is CN(C)C(=O)[C@H]1CC[C@@H](CNC(=O)N2CCc3cc(F)ccc32)O1. The number of urea groups is 1. The van der Waals surface area contributed by atoms with E-state index in [0.29, 0.717) is 25.9 Å². The maximum Gasteiger partial charge on any atom is 0.321 e. The molecule has 1 fully saturated rings. The van der Waals surface area contributed by atoms with Gasteiger partial charge < -0.3 is 15.0 Å². The number of hydrogen-bond acceptors (Lipinski definition) is 3. The van der Waals surface area contributed by atoms with Gasteiger partial charge in [0.2, 0.25) is 0 Å². The number of fused-ring (bicyclic) bond motifs is 1. The fourth-order valence-corrected chi connectivity index (χ4v) is 3.20. The summed E-state index contributed by atoms with van der Waals surface area (Å²) in [5.41, 5.74) is 1.60. The molecule has 2 aliphatic rings. The van der Waals surface area contributed by atoms with Gasteiger partial charge in [0.25, 0.3) is 5.91 Å². The zero-order valence-corrected chi connectivity index (χ0v) is 13.9. The molecule has 0 bridgehead atoms. The molecule has 2 heterocycles. The van der Waals surface area contributed by atoms with E-state index in [0.717, 1.165) is 17.7 Å². The van der Waals surface area contributed by atoms with E-state index >= 15 is 0 Å². The normalized spacial score (nSPS) is 22.4. The average Bonchev–Trinajstić information content (AvgIpc) is 3.18. The van der Waals surface area contributed by atoms with Crippen molar-refractivity contribution in [1.82, 2.24) is 10.2 Å². The number of benzene rings is 1. The highest BCUT2D eigenvalue weighted by Gasteiger charge is 2.32. The summed E-state index contributed by atoms with van der Waals surface area (Å²) in [5, 5.41) is 2.85. The third-order valence-electron chi connectivity index (χ3n) is 4.49. The van der Waals surface area contributed by atoms with E-state index < -0.39 is 6.10 Å². The van der Waals surface area contributed by atoms with Gasteiger partial charge >= 0.3 is 6.03 Å². The number of hydrogen-bond donors (Lipinski definition) is 1. The Bertz CT molecular complexity index is 650. The summed E-state index contributed by atoms with van der Waals surface area (Å²) in [5.74, 6) is -0.328. The molecule has 0 radical (unpaired) electrons. The monoisotopic (exact) mass is 335 g/mol. The first-order valence-corrected chi connectivity index (χ1v) is 8.16. The molecule has 1 aromatic carbocycles. The van der Waals surface area contributed by atoms with E-state index in [2.05, 4.69) is 5.32 Å². The molecule has 1 aromatic rings. The van der Waals surface area contributed by atoms with Crippen LogP contribution in [0.1, 0.15) is 18.4 Å². The van der Waals surface area contributed by atoms with Crippen LogP contribution >= 0.6 is 0 Å². The summed E-state index contributed by atoms with van der Waals surface area (Å²) in [6.45, 7) is 0.904. The molecule has 3 amide bonds. The lowest BCUT2D eigenvalue weighted by atomic mass is 10.2. The van der Waals surface area contributed by atoms with Crippen molar-refractivity contribution in [2.24, 2.45) is 0 Å². The number of ether oxygens (including phenoxy) is 1. The first-order chi connectivity index (χ1) is 11.5. The number of amides is 3. The van der Waals surface area contributed by atoms with Gasteiger partial charge in [0.15, 0.2) is 0 Å². The predicted molar refractivity (Wildman–Crippen MR) is 87.4 cm³/mol. The molecular formula is C17H22FN3O3. The first-order valence-electron chi connectivity index (χ1n) is 8.16. The molecule has 130 valence electrons. The number of nitrogens with one attached hydrogen (secondary N) is 1. The summed E-state index contributed by atoms with van der Waals surface area (Å²) in [4.78, 5) is 27.4. The van der Waals surface area contributed by atoms with Crippen LogP contribution in [-0.4, -0.2) is 56.2 Å². The second-order valence-corrected chi connectivity index (χ2v) is 6.42. The molecule has 1 saturated heterocycles. The minimum atomic E-state index is -0.419. The molecule has 0 saturated carbocycles. The van der Waals surface area contributed by atoms with Crippen LogP contribution in [0.3, 0.4) is 0 Å². The Morgan fingerprint density at radius 2 is 2.17 bits per heavy atom. The second-order valence-electron chi connectivity index (χ2n) is 6.42. The molecule has 6 nitrogen and oxygen atoms in total. The van der Waals surface area contributed by atoms with E-state index in [1.54, 1.807) is 25.1 Å². The van der Waals surface area contributed by atoms with Crippen molar-refractivity contribution in [2.75, 3.05) is 32.1 Å². The minimum Gasteiger partial charge on any atom is -0.363 e. The summed E-state index contributed by atoms with van der Waals surface area (Å²) < 4.78 is 18.9. The van der Waals surface area contributed by atoms with E-state index in [1.807, 2.05) is 0 Å². The van der Waals surface area contributed by atoms with Crippen LogP contribution in [0.4, 0.5) is 14.9 Å². The van der Waals surface area contributed by atoms with Crippen molar-refractivity contribution in [3.05, 3.63) is 29.6 Å². The number of carbonyl (C=O) groups is 2. The molecule has 0 aliphatic carbocycles. The molecule has 7 heteroatoms. The third kappa shape index (κ3) is 3.36. The molecular weight excluding hydrogens is 313 g/mol. The maximum atomic E-state index is 13.2. The minimum absolute atomic E-state index is 0.0423. The highest BCUT2D eigenvalue weighted by atomic mass is 19.1. The summed E-state index contributed by atoms with van der Waals surface area (Å²) in [7, 11) is 3.41. The van der Waals surface area contributed by atoms with Gasteiger partial charge in [-0.05, 0) is 43.0 Å². The predicted octanol–water partition coefficient (Wildman–Crippen LogP) is 1.53. The number of halogens is 1. The average molecular weight is 335 g/mol. The topological polar surface area (TPSA) is 61.9 Å². The van der Waals surface area contributed by atoms with Crippen LogP contribution in [0.25, 0.3) is 0 Å². The molecule has 0 spiro atoms. The van der Waals surface area contributed by atoms with Gasteiger partial charge in [0, 0.05) is 32.9 Å². The lowest BCUT2D eigenvalue weighted by Crippen LogP contribution is -2.42. The maximum absolute atomic E-state index is 13.2. The highest BCUT2D eigenvalue weighted by Crippen LogP contribution is 2.28. The quantitative estimate of drug-likeness (QED) is 0.911. The Labute approximate surface area is 140 Å². The number of anilines is 1. The largest absolute Gasteiger partial charge is 0.363 e. The molecule has 1 N–H and O–H groups in total. The smallest absolute Gasteiger partial charge is 0.321 e. The van der Waals surface area contributed by atoms with Crippen LogP contribution in [0.5, 0.6) is 0 Å². The summed E-state index contributed by atoms with van der Waals surface area (Å²) in [6, 6.07) is 4.25. The lowest BCUT2D eigenvalue weighted by Gasteiger charge is -2.20. The van der Waals surface area contributed by atoms with Crippen molar-refractivity contribution in [2.45, 2.75) is 31.5 Å². The van der Waals surface area contributed by atoms with Crippen LogP contribution in [-0.2, 0) is 16.0 Å².